The Kier molecular flexibility index (Phi) is 4.56. The van der Waals surface area contributed by atoms with Gasteiger partial charge in [0, 0.05) is 15.1 Å². The van der Waals surface area contributed by atoms with E-state index in [1.165, 1.54) is 38.9 Å². The van der Waals surface area contributed by atoms with Gasteiger partial charge in [-0.1, -0.05) is 17.8 Å². The summed E-state index contributed by atoms with van der Waals surface area (Å²) in [5.41, 5.74) is 1.41. The van der Waals surface area contributed by atoms with Crippen molar-refractivity contribution in [2.24, 2.45) is 0 Å². The third kappa shape index (κ3) is 3.20. The van der Waals surface area contributed by atoms with Gasteiger partial charge < -0.3 is 5.32 Å². The predicted octanol–water partition coefficient (Wildman–Crippen LogP) is 3.96. The lowest BCUT2D eigenvalue weighted by molar-refractivity contribution is -0.118. The highest BCUT2D eigenvalue weighted by Crippen LogP contribution is 2.40. The van der Waals surface area contributed by atoms with Gasteiger partial charge in [-0.05, 0) is 43.2 Å². The molecule has 0 fully saturated rings. The second-order valence-corrected chi connectivity index (χ2v) is 8.84. The van der Waals surface area contributed by atoms with E-state index >= 15 is 0 Å². The van der Waals surface area contributed by atoms with Crippen LogP contribution >= 0.6 is 34.4 Å². The first kappa shape index (κ1) is 16.1. The van der Waals surface area contributed by atoms with Gasteiger partial charge in [-0.3, -0.25) is 4.79 Å². The first-order valence-electron chi connectivity index (χ1n) is 7.91. The molecule has 3 heterocycles. The molecule has 1 amide bonds. The van der Waals surface area contributed by atoms with Crippen molar-refractivity contribution in [1.82, 2.24) is 15.3 Å². The van der Waals surface area contributed by atoms with Crippen molar-refractivity contribution in [3.8, 4) is 0 Å². The summed E-state index contributed by atoms with van der Waals surface area (Å²) in [6.45, 7) is 2.52. The summed E-state index contributed by atoms with van der Waals surface area (Å²) in [5.74, 6) is 1.22. The first-order chi connectivity index (χ1) is 11.7. The minimum absolute atomic E-state index is 0.0460. The van der Waals surface area contributed by atoms with Crippen molar-refractivity contribution in [2.75, 3.05) is 5.75 Å². The molecule has 0 spiro atoms. The fourth-order valence-corrected chi connectivity index (χ4v) is 5.90. The van der Waals surface area contributed by atoms with E-state index in [1.54, 1.807) is 22.7 Å². The summed E-state index contributed by atoms with van der Waals surface area (Å²) in [6.07, 6.45) is 3.48. The fraction of sp³-hybridized carbons (Fsp3) is 0.353. The van der Waals surface area contributed by atoms with Crippen molar-refractivity contribution in [3.63, 3.8) is 0 Å². The molecule has 3 aromatic rings. The van der Waals surface area contributed by atoms with Gasteiger partial charge >= 0.3 is 0 Å². The van der Waals surface area contributed by atoms with E-state index in [-0.39, 0.29) is 5.91 Å². The summed E-state index contributed by atoms with van der Waals surface area (Å²) in [6, 6.07) is 4.03. The van der Waals surface area contributed by atoms with Crippen LogP contribution in [0.1, 0.15) is 27.6 Å². The molecule has 0 bridgehead atoms. The molecule has 0 aliphatic heterocycles. The van der Waals surface area contributed by atoms with Crippen molar-refractivity contribution >= 4 is 50.6 Å². The van der Waals surface area contributed by atoms with Crippen LogP contribution in [0.25, 0.3) is 10.2 Å². The van der Waals surface area contributed by atoms with E-state index < -0.39 is 0 Å². The number of aromatic nitrogens is 2. The lowest BCUT2D eigenvalue weighted by Gasteiger charge is -2.06. The number of fused-ring (bicyclic) bond motifs is 3. The Morgan fingerprint density at radius 1 is 1.38 bits per heavy atom. The summed E-state index contributed by atoms with van der Waals surface area (Å²) < 4.78 is 0. The molecule has 4 rings (SSSR count). The maximum atomic E-state index is 12.1. The van der Waals surface area contributed by atoms with E-state index in [0.717, 1.165) is 28.5 Å². The summed E-state index contributed by atoms with van der Waals surface area (Å²) >= 11 is 4.98. The monoisotopic (exact) mass is 375 g/mol. The van der Waals surface area contributed by atoms with Crippen LogP contribution in [-0.4, -0.2) is 21.6 Å². The van der Waals surface area contributed by atoms with Crippen LogP contribution in [0.3, 0.4) is 0 Å². The Morgan fingerprint density at radius 2 is 2.29 bits per heavy atom. The number of hydrogen-bond donors (Lipinski definition) is 1. The number of nitrogens with zero attached hydrogens (tertiary/aromatic N) is 2. The largest absolute Gasteiger partial charge is 0.350 e. The third-order valence-corrected chi connectivity index (χ3v) is 7.06. The van der Waals surface area contributed by atoms with Gasteiger partial charge in [0.25, 0.3) is 0 Å². The maximum absolute atomic E-state index is 12.1. The molecule has 0 radical (unpaired) electrons. The minimum Gasteiger partial charge on any atom is -0.350 e. The number of thioether (sulfide) groups is 1. The number of amides is 1. The Labute approximate surface area is 152 Å². The smallest absolute Gasteiger partial charge is 0.230 e. The van der Waals surface area contributed by atoms with Gasteiger partial charge in [0.05, 0.1) is 12.3 Å². The first-order valence-corrected chi connectivity index (χ1v) is 10.6. The molecular weight excluding hydrogens is 358 g/mol. The molecule has 0 atom stereocenters. The zero-order chi connectivity index (χ0) is 16.5. The van der Waals surface area contributed by atoms with Crippen molar-refractivity contribution in [3.05, 3.63) is 38.7 Å². The van der Waals surface area contributed by atoms with E-state index in [1.807, 2.05) is 24.4 Å². The maximum Gasteiger partial charge on any atom is 0.230 e. The molecule has 1 aliphatic carbocycles. The van der Waals surface area contributed by atoms with Crippen molar-refractivity contribution < 1.29 is 4.79 Å². The lowest BCUT2D eigenvalue weighted by atomic mass is 10.2. The normalized spacial score (nSPS) is 13.4. The van der Waals surface area contributed by atoms with Crippen molar-refractivity contribution in [2.45, 2.75) is 37.8 Å². The van der Waals surface area contributed by atoms with Gasteiger partial charge in [-0.25, -0.2) is 9.97 Å². The van der Waals surface area contributed by atoms with Gasteiger partial charge in [-0.15, -0.1) is 22.7 Å². The molecule has 0 aromatic carbocycles. The van der Waals surface area contributed by atoms with Crippen LogP contribution in [-0.2, 0) is 24.2 Å². The Morgan fingerprint density at radius 3 is 3.12 bits per heavy atom. The number of thiophene rings is 2. The van der Waals surface area contributed by atoms with Gasteiger partial charge in [-0.2, -0.15) is 0 Å². The highest BCUT2D eigenvalue weighted by atomic mass is 32.2. The number of carbonyl (C=O) groups is 1. The molecule has 7 heteroatoms. The number of hydrogen-bond acceptors (Lipinski definition) is 6. The fourth-order valence-electron chi connectivity index (χ4n) is 2.95. The summed E-state index contributed by atoms with van der Waals surface area (Å²) in [5, 5.41) is 7.15. The quantitative estimate of drug-likeness (QED) is 0.542. The molecule has 24 heavy (non-hydrogen) atoms. The topological polar surface area (TPSA) is 54.9 Å². The third-order valence-electron chi connectivity index (χ3n) is 4.02. The molecule has 124 valence electrons. The molecular formula is C17H17N3OS3. The number of carbonyl (C=O) groups excluding carboxylic acids is 1. The molecule has 4 nitrogen and oxygen atoms in total. The summed E-state index contributed by atoms with van der Waals surface area (Å²) in [7, 11) is 0. The Balaban J connectivity index is 1.49. The van der Waals surface area contributed by atoms with Gasteiger partial charge in [0.1, 0.15) is 15.7 Å². The number of nitrogens with one attached hydrogen (secondary N) is 1. The molecule has 3 aromatic heterocycles. The Bertz CT molecular complexity index is 886. The van der Waals surface area contributed by atoms with E-state index in [9.17, 15) is 4.79 Å². The Hall–Kier alpha value is -1.44. The zero-order valence-electron chi connectivity index (χ0n) is 13.3. The highest BCUT2D eigenvalue weighted by molar-refractivity contribution is 8.00. The summed E-state index contributed by atoms with van der Waals surface area (Å²) in [4.78, 5) is 25.0. The predicted molar refractivity (Wildman–Crippen MR) is 101 cm³/mol. The van der Waals surface area contributed by atoms with Crippen LogP contribution < -0.4 is 5.32 Å². The molecule has 0 saturated carbocycles. The SMILES string of the molecule is Cc1nc(SCC(=O)NCc2cccs2)c2c3c(sc2n1)CCC3. The average Bonchev–Trinajstić information content (AvgIpc) is 3.26. The standard InChI is InChI=1S/C17H17N3OS3/c1-10-19-16(15-12-5-2-6-13(12)24-17(15)20-10)23-9-14(21)18-8-11-4-3-7-22-11/h3-4,7H,2,5-6,8-9H2,1H3,(H,18,21). The average molecular weight is 376 g/mol. The van der Waals surface area contributed by atoms with Crippen molar-refractivity contribution in [1.29, 1.82) is 0 Å². The van der Waals surface area contributed by atoms with E-state index in [2.05, 4.69) is 15.3 Å². The minimum atomic E-state index is 0.0460. The second kappa shape index (κ2) is 6.82. The molecule has 1 aliphatic rings. The van der Waals surface area contributed by atoms with E-state index in [4.69, 9.17) is 0 Å². The molecule has 1 N–H and O–H groups in total. The van der Waals surface area contributed by atoms with Crippen LogP contribution in [0.2, 0.25) is 0 Å². The number of aryl methyl sites for hydroxylation is 3. The van der Waals surface area contributed by atoms with Crippen LogP contribution in [0, 0.1) is 6.92 Å². The van der Waals surface area contributed by atoms with E-state index in [0.29, 0.717) is 12.3 Å². The molecule has 0 unspecified atom stereocenters. The second-order valence-electron chi connectivity index (χ2n) is 5.76. The number of rotatable bonds is 5. The lowest BCUT2D eigenvalue weighted by Crippen LogP contribution is -2.24. The van der Waals surface area contributed by atoms with Gasteiger partial charge in [0.2, 0.25) is 5.91 Å². The highest BCUT2D eigenvalue weighted by Gasteiger charge is 2.22. The van der Waals surface area contributed by atoms with Gasteiger partial charge in [0.15, 0.2) is 0 Å². The van der Waals surface area contributed by atoms with Crippen LogP contribution in [0.15, 0.2) is 22.5 Å². The van der Waals surface area contributed by atoms with Crippen LogP contribution in [0.4, 0.5) is 0 Å². The zero-order valence-corrected chi connectivity index (χ0v) is 15.7. The molecule has 0 saturated heterocycles. The van der Waals surface area contributed by atoms with Crippen LogP contribution in [0.5, 0.6) is 0 Å².